The normalized spacial score (nSPS) is 12.6. The summed E-state index contributed by atoms with van der Waals surface area (Å²) in [4.78, 5) is 26.2. The molecule has 1 aromatic carbocycles. The van der Waals surface area contributed by atoms with Crippen LogP contribution in [0.3, 0.4) is 0 Å². The van der Waals surface area contributed by atoms with Crippen LogP contribution >= 0.6 is 0 Å². The van der Waals surface area contributed by atoms with Gasteiger partial charge in [0, 0.05) is 17.1 Å². The highest BCUT2D eigenvalue weighted by Crippen LogP contribution is 2.18. The van der Waals surface area contributed by atoms with Gasteiger partial charge in [-0.15, -0.1) is 0 Å². The monoisotopic (exact) mass is 260 g/mol. The fourth-order valence-electron chi connectivity index (χ4n) is 1.99. The van der Waals surface area contributed by atoms with Gasteiger partial charge in [0.1, 0.15) is 6.04 Å². The molecule has 3 N–H and O–H groups in total. The average Bonchev–Trinajstić information content (AvgIpc) is 2.78. The van der Waals surface area contributed by atoms with Gasteiger partial charge in [0.05, 0.1) is 5.56 Å². The fourth-order valence-corrected chi connectivity index (χ4v) is 1.99. The number of H-pyrrole nitrogens is 1. The molecule has 100 valence electrons. The fraction of sp³-hybridized carbons (Fsp3) is 0.286. The zero-order valence-electron chi connectivity index (χ0n) is 10.8. The molecule has 0 spiro atoms. The predicted octanol–water partition coefficient (Wildman–Crippen LogP) is 2.01. The Kier molecular flexibility index (Phi) is 3.55. The summed E-state index contributed by atoms with van der Waals surface area (Å²) in [6.07, 6.45) is 1.60. The minimum Gasteiger partial charge on any atom is -0.480 e. The lowest BCUT2D eigenvalue weighted by molar-refractivity contribution is -0.140. The highest BCUT2D eigenvalue weighted by Gasteiger charge is 2.24. The molecule has 2 aromatic rings. The number of nitrogens with one attached hydrogen (secondary N) is 2. The number of carbonyl (C=O) groups excluding carboxylic acids is 1. The number of aliphatic carboxylic acids is 1. The highest BCUT2D eigenvalue weighted by atomic mass is 16.4. The molecule has 1 atom stereocenters. The van der Waals surface area contributed by atoms with Gasteiger partial charge in [-0.3, -0.25) is 4.79 Å². The highest BCUT2D eigenvalue weighted by molar-refractivity contribution is 6.07. The number of carbonyl (C=O) groups is 2. The number of fused-ring (bicyclic) bond motifs is 1. The van der Waals surface area contributed by atoms with Gasteiger partial charge in [0.25, 0.3) is 5.91 Å². The van der Waals surface area contributed by atoms with Crippen molar-refractivity contribution in [3.8, 4) is 0 Å². The molecule has 0 fully saturated rings. The number of carboxylic acids is 1. The molecule has 0 aliphatic rings. The standard InChI is InChI=1S/C14H16N2O3/c1-8(2)12(14(18)19)16-13(17)10-7-15-11-6-4-3-5-9(10)11/h3-8,12,15H,1-2H3,(H,16,17)(H,18,19)/t12-/m0/s1. The minimum atomic E-state index is -1.02. The number of carboxylic acid groups (broad SMARTS) is 1. The van der Waals surface area contributed by atoms with Crippen LogP contribution in [0, 0.1) is 5.92 Å². The lowest BCUT2D eigenvalue weighted by Gasteiger charge is -2.17. The molecular formula is C14H16N2O3. The molecule has 5 nitrogen and oxygen atoms in total. The number of benzene rings is 1. The van der Waals surface area contributed by atoms with E-state index in [2.05, 4.69) is 10.3 Å². The molecule has 1 aromatic heterocycles. The second-order valence-electron chi connectivity index (χ2n) is 4.78. The third-order valence-corrected chi connectivity index (χ3v) is 3.05. The molecule has 0 aliphatic heterocycles. The van der Waals surface area contributed by atoms with Crippen LogP contribution in [0.15, 0.2) is 30.5 Å². The first-order valence-corrected chi connectivity index (χ1v) is 6.10. The summed E-state index contributed by atoms with van der Waals surface area (Å²) in [6, 6.07) is 6.51. The van der Waals surface area contributed by atoms with E-state index in [9.17, 15) is 9.59 Å². The summed E-state index contributed by atoms with van der Waals surface area (Å²) in [5.41, 5.74) is 1.31. The Balaban J connectivity index is 2.27. The number of amides is 1. The van der Waals surface area contributed by atoms with Crippen molar-refractivity contribution in [3.63, 3.8) is 0 Å². The van der Waals surface area contributed by atoms with Crippen LogP contribution in [0.1, 0.15) is 24.2 Å². The maximum Gasteiger partial charge on any atom is 0.326 e. The van der Waals surface area contributed by atoms with Crippen LogP contribution in [0.5, 0.6) is 0 Å². The zero-order valence-corrected chi connectivity index (χ0v) is 10.8. The predicted molar refractivity (Wildman–Crippen MR) is 72.0 cm³/mol. The van der Waals surface area contributed by atoms with Gasteiger partial charge in [-0.2, -0.15) is 0 Å². The van der Waals surface area contributed by atoms with Gasteiger partial charge < -0.3 is 15.4 Å². The Bertz CT molecular complexity index is 616. The molecule has 19 heavy (non-hydrogen) atoms. The van der Waals surface area contributed by atoms with Crippen LogP contribution in [0.2, 0.25) is 0 Å². The largest absolute Gasteiger partial charge is 0.480 e. The third-order valence-electron chi connectivity index (χ3n) is 3.05. The first-order valence-electron chi connectivity index (χ1n) is 6.10. The molecule has 0 radical (unpaired) electrons. The van der Waals surface area contributed by atoms with Crippen molar-refractivity contribution in [2.45, 2.75) is 19.9 Å². The van der Waals surface area contributed by atoms with E-state index < -0.39 is 12.0 Å². The van der Waals surface area contributed by atoms with E-state index in [0.29, 0.717) is 5.56 Å². The van der Waals surface area contributed by atoms with Gasteiger partial charge in [-0.1, -0.05) is 32.0 Å². The number of hydrogen-bond acceptors (Lipinski definition) is 2. The lowest BCUT2D eigenvalue weighted by Crippen LogP contribution is -2.44. The van der Waals surface area contributed by atoms with E-state index >= 15 is 0 Å². The lowest BCUT2D eigenvalue weighted by atomic mass is 10.0. The summed E-state index contributed by atoms with van der Waals surface area (Å²) < 4.78 is 0. The second-order valence-corrected chi connectivity index (χ2v) is 4.78. The molecule has 2 rings (SSSR count). The number of aromatic amines is 1. The van der Waals surface area contributed by atoms with Gasteiger partial charge in [0.15, 0.2) is 0 Å². The number of para-hydroxylation sites is 1. The summed E-state index contributed by atoms with van der Waals surface area (Å²) in [5, 5.41) is 12.4. The first-order chi connectivity index (χ1) is 9.00. The van der Waals surface area contributed by atoms with E-state index in [4.69, 9.17) is 5.11 Å². The van der Waals surface area contributed by atoms with Gasteiger partial charge in [-0.25, -0.2) is 4.79 Å². The van der Waals surface area contributed by atoms with Crippen molar-refractivity contribution in [2.75, 3.05) is 0 Å². The molecule has 0 saturated carbocycles. The molecule has 1 heterocycles. The maximum atomic E-state index is 12.1. The van der Waals surface area contributed by atoms with Crippen molar-refractivity contribution < 1.29 is 14.7 Å². The zero-order chi connectivity index (χ0) is 14.0. The minimum absolute atomic E-state index is 0.174. The van der Waals surface area contributed by atoms with Crippen LogP contribution in [-0.2, 0) is 4.79 Å². The molecule has 0 unspecified atom stereocenters. The molecule has 1 amide bonds. The first kappa shape index (κ1) is 13.1. The van der Waals surface area contributed by atoms with Crippen LogP contribution in [0.25, 0.3) is 10.9 Å². The summed E-state index contributed by atoms with van der Waals surface area (Å²) >= 11 is 0. The summed E-state index contributed by atoms with van der Waals surface area (Å²) in [7, 11) is 0. The van der Waals surface area contributed by atoms with Gasteiger partial charge in [-0.05, 0) is 12.0 Å². The van der Waals surface area contributed by atoms with Crippen molar-refractivity contribution in [1.29, 1.82) is 0 Å². The Morgan fingerprint density at radius 2 is 1.95 bits per heavy atom. The SMILES string of the molecule is CC(C)[C@H](NC(=O)c1c[nH]c2ccccc12)C(=O)O. The van der Waals surface area contributed by atoms with Crippen LogP contribution < -0.4 is 5.32 Å². The Labute approximate surface area is 110 Å². The van der Waals surface area contributed by atoms with Gasteiger partial charge in [0.2, 0.25) is 0 Å². The quantitative estimate of drug-likeness (QED) is 0.786. The van der Waals surface area contributed by atoms with E-state index in [1.54, 1.807) is 20.0 Å². The maximum absolute atomic E-state index is 12.1. The number of rotatable bonds is 4. The Morgan fingerprint density at radius 1 is 1.26 bits per heavy atom. The summed E-state index contributed by atoms with van der Waals surface area (Å²) in [6.45, 7) is 3.52. The molecule has 0 bridgehead atoms. The summed E-state index contributed by atoms with van der Waals surface area (Å²) in [5.74, 6) is -1.58. The molecule has 0 aliphatic carbocycles. The van der Waals surface area contributed by atoms with Crippen molar-refractivity contribution in [3.05, 3.63) is 36.0 Å². The van der Waals surface area contributed by atoms with E-state index in [0.717, 1.165) is 10.9 Å². The van der Waals surface area contributed by atoms with Crippen molar-refractivity contribution >= 4 is 22.8 Å². The van der Waals surface area contributed by atoms with E-state index in [1.807, 2.05) is 24.3 Å². The smallest absolute Gasteiger partial charge is 0.326 e. The molecule has 5 heteroatoms. The van der Waals surface area contributed by atoms with Crippen molar-refractivity contribution in [1.82, 2.24) is 10.3 Å². The number of hydrogen-bond donors (Lipinski definition) is 3. The van der Waals surface area contributed by atoms with Crippen molar-refractivity contribution in [2.24, 2.45) is 5.92 Å². The van der Waals surface area contributed by atoms with E-state index in [-0.39, 0.29) is 11.8 Å². The Morgan fingerprint density at radius 3 is 2.58 bits per heavy atom. The average molecular weight is 260 g/mol. The Hall–Kier alpha value is -2.30. The van der Waals surface area contributed by atoms with Crippen LogP contribution in [-0.4, -0.2) is 28.0 Å². The van der Waals surface area contributed by atoms with E-state index in [1.165, 1.54) is 0 Å². The third kappa shape index (κ3) is 2.59. The second kappa shape index (κ2) is 5.14. The van der Waals surface area contributed by atoms with Crippen LogP contribution in [0.4, 0.5) is 0 Å². The number of aromatic nitrogens is 1. The molecule has 0 saturated heterocycles. The van der Waals surface area contributed by atoms with Gasteiger partial charge >= 0.3 is 5.97 Å². The topological polar surface area (TPSA) is 82.2 Å². The molecular weight excluding hydrogens is 244 g/mol.